The molecule has 0 unspecified atom stereocenters. The predicted octanol–water partition coefficient (Wildman–Crippen LogP) is 5.33. The minimum Gasteiger partial charge on any atom is -0.456 e. The normalized spacial score (nSPS) is 28.9. The quantitative estimate of drug-likeness (QED) is 0.719. The Morgan fingerprint density at radius 3 is 1.58 bits per heavy atom. The van der Waals surface area contributed by atoms with E-state index in [4.69, 9.17) is 32.2 Å². The molecule has 100 valence electrons. The molecule has 1 nitrogen and oxygen atoms in total. The number of hydrogen-bond acceptors (Lipinski definition) is 1. The van der Waals surface area contributed by atoms with E-state index < -0.39 is 110 Å². The van der Waals surface area contributed by atoms with E-state index in [1.807, 2.05) is 0 Å². The summed E-state index contributed by atoms with van der Waals surface area (Å²) in [4.78, 5) is 0. The summed E-state index contributed by atoms with van der Waals surface area (Å²) in [5.74, 6) is -2.39. The fraction of sp³-hybridized carbons (Fsp3) is 0.333. The SMILES string of the molecule is [2H]c1c(C([2H])[2H])c(Oc2c(C([2H])[2H])c([2H])c(C([2H])([2H])[2H])c([2H])c2C([2H])([2H])[2H])c(C([2H])([2H])[2H])c([2H])c1C([2H])([2H])[2H]. The lowest BCUT2D eigenvalue weighted by Gasteiger charge is -2.17. The molecule has 2 aromatic carbocycles. The van der Waals surface area contributed by atoms with Crippen LogP contribution in [-0.2, 0) is 0 Å². The standard InChI is InChI=1S/C18H22O/c1-11-7-13(3)17(14(4)8-11)19-18-15(5)9-12(2)10-16(18)6/h7-10H,1-6H3/i1D3,2D3,3D2,4D3,5D2,6D3,7D,8D,9D,10D. The van der Waals surface area contributed by atoms with Crippen LogP contribution in [0.4, 0.5) is 0 Å². The van der Waals surface area contributed by atoms with Gasteiger partial charge in [0.2, 0.25) is 0 Å². The summed E-state index contributed by atoms with van der Waals surface area (Å²) in [6.45, 7) is -18.0. The van der Waals surface area contributed by atoms with Gasteiger partial charge in [0.25, 0.3) is 0 Å². The Kier molecular flexibility index (Phi) is 0.832. The molecule has 0 radical (unpaired) electrons. The Labute approximate surface area is 144 Å². The van der Waals surface area contributed by atoms with Crippen LogP contribution in [0.15, 0.2) is 24.2 Å². The molecule has 0 N–H and O–H groups in total. The van der Waals surface area contributed by atoms with E-state index in [2.05, 4.69) is 0 Å². The predicted molar refractivity (Wildman–Crippen MR) is 81.4 cm³/mol. The molecule has 0 saturated heterocycles. The van der Waals surface area contributed by atoms with Crippen LogP contribution >= 0.6 is 0 Å². The van der Waals surface area contributed by atoms with E-state index in [0.29, 0.717) is 0 Å². The first-order valence-electron chi connectivity index (χ1n) is 15.3. The molecule has 0 spiro atoms. The molecule has 1 heteroatoms. The lowest BCUT2D eigenvalue weighted by atomic mass is 10.0. The molecule has 0 bridgehead atoms. The Morgan fingerprint density at radius 2 is 1.21 bits per heavy atom. The van der Waals surface area contributed by atoms with Gasteiger partial charge in [-0.1, -0.05) is 35.3 Å². The number of ether oxygens (including phenoxy) is 1. The molecule has 19 heavy (non-hydrogen) atoms. The molecule has 0 aromatic heterocycles. The minimum absolute atomic E-state index is 1.02. The third-order valence-electron chi connectivity index (χ3n) is 2.17. The van der Waals surface area contributed by atoms with E-state index in [9.17, 15) is 0 Å². The van der Waals surface area contributed by atoms with Gasteiger partial charge in [-0.2, -0.15) is 0 Å². The largest absolute Gasteiger partial charge is 0.456 e. The Hall–Kier alpha value is -1.76. The molecule has 0 aliphatic carbocycles. The molecule has 0 aliphatic heterocycles. The first kappa shape index (κ1) is 3.11. The van der Waals surface area contributed by atoms with Crippen molar-refractivity contribution in [1.29, 1.82) is 0 Å². The van der Waals surface area contributed by atoms with Crippen LogP contribution < -0.4 is 4.74 Å². The maximum atomic E-state index is 8.28. The molecular formula is C18H22O. The van der Waals surface area contributed by atoms with Crippen molar-refractivity contribution < 1.29 is 32.2 Å². The number of rotatable bonds is 2. The van der Waals surface area contributed by atoms with E-state index in [1.54, 1.807) is 0 Å². The summed E-state index contributed by atoms with van der Waals surface area (Å²) in [6.07, 6.45) is 0. The Morgan fingerprint density at radius 1 is 0.737 bits per heavy atom. The summed E-state index contributed by atoms with van der Waals surface area (Å²) in [5.41, 5.74) is -6.77. The van der Waals surface area contributed by atoms with Gasteiger partial charge in [0.15, 0.2) is 0 Å². The highest BCUT2D eigenvalue weighted by molar-refractivity contribution is 5.50. The highest BCUT2D eigenvalue weighted by Gasteiger charge is 2.10. The van der Waals surface area contributed by atoms with Crippen LogP contribution in [0.25, 0.3) is 0 Å². The summed E-state index contributed by atoms with van der Waals surface area (Å²) in [5, 5.41) is 0. The van der Waals surface area contributed by atoms with Gasteiger partial charge >= 0.3 is 0 Å². The molecule has 0 fully saturated rings. The van der Waals surface area contributed by atoms with Gasteiger partial charge in [-0.15, -0.1) is 0 Å². The second kappa shape index (κ2) is 5.08. The zero-order chi connectivity index (χ0) is 30.8. The average molecular weight is 274 g/mol. The van der Waals surface area contributed by atoms with E-state index in [1.165, 1.54) is 0 Å². The summed E-state index contributed by atoms with van der Waals surface area (Å²) >= 11 is 0. The third kappa shape index (κ3) is 2.81. The lowest BCUT2D eigenvalue weighted by Crippen LogP contribution is -1.96. The van der Waals surface area contributed by atoms with Gasteiger partial charge in [-0.3, -0.25) is 0 Å². The van der Waals surface area contributed by atoms with Crippen LogP contribution in [0.3, 0.4) is 0 Å². The number of hydrogen-bond donors (Lipinski definition) is 0. The first-order valence-corrected chi connectivity index (χ1v) is 4.99. The smallest absolute Gasteiger partial charge is 0.133 e. The molecule has 0 heterocycles. The van der Waals surface area contributed by atoms with Crippen LogP contribution in [0, 0.1) is 41.2 Å². The fourth-order valence-electron chi connectivity index (χ4n) is 1.39. The van der Waals surface area contributed by atoms with Gasteiger partial charge < -0.3 is 4.74 Å². The molecule has 0 aliphatic rings. The minimum atomic E-state index is -3.42. The highest BCUT2D eigenvalue weighted by atomic mass is 16.5. The van der Waals surface area contributed by atoms with Crippen LogP contribution in [0.2, 0.25) is 0 Å². The maximum absolute atomic E-state index is 8.28. The van der Waals surface area contributed by atoms with E-state index >= 15 is 0 Å². The van der Waals surface area contributed by atoms with E-state index in [0.717, 1.165) is 0 Å². The van der Waals surface area contributed by atoms with Crippen LogP contribution in [-0.4, -0.2) is 0 Å². The summed E-state index contributed by atoms with van der Waals surface area (Å²) < 4.78 is 163. The molecular weight excluding hydrogens is 232 g/mol. The molecule has 0 atom stereocenters. The van der Waals surface area contributed by atoms with Crippen molar-refractivity contribution in [3.05, 3.63) is 57.6 Å². The first-order chi connectivity index (χ1) is 17.3. The van der Waals surface area contributed by atoms with Crippen molar-refractivity contribution in [1.82, 2.24) is 0 Å². The Bertz CT molecular complexity index is 1160. The van der Waals surface area contributed by atoms with E-state index in [-0.39, 0.29) is 0 Å². The highest BCUT2D eigenvalue weighted by Crippen LogP contribution is 2.34. The van der Waals surface area contributed by atoms with Crippen molar-refractivity contribution in [3.8, 4) is 11.5 Å². The van der Waals surface area contributed by atoms with Crippen molar-refractivity contribution in [2.75, 3.05) is 0 Å². The molecule has 2 aromatic rings. The van der Waals surface area contributed by atoms with Gasteiger partial charge in [-0.05, 0) is 63.4 Å². The second-order valence-electron chi connectivity index (χ2n) is 3.59. The lowest BCUT2D eigenvalue weighted by molar-refractivity contribution is 0.467. The Balaban J connectivity index is 3.30. The monoisotopic (exact) mass is 274 g/mol. The average Bonchev–Trinajstić information content (AvgIpc) is 2.62. The van der Waals surface area contributed by atoms with Crippen LogP contribution in [0.5, 0.6) is 11.5 Å². The zero-order valence-corrected chi connectivity index (χ0v) is 9.56. The number of benzene rings is 2. The van der Waals surface area contributed by atoms with Gasteiger partial charge in [0, 0.05) is 21.9 Å². The second-order valence-corrected chi connectivity index (χ2v) is 3.59. The third-order valence-corrected chi connectivity index (χ3v) is 2.17. The molecule has 0 saturated carbocycles. The topological polar surface area (TPSA) is 9.23 Å². The maximum Gasteiger partial charge on any atom is 0.133 e. The zero-order valence-electron chi connectivity index (χ0n) is 29.6. The summed E-state index contributed by atoms with van der Waals surface area (Å²) in [6, 6.07) is -4.83. The molecule has 0 amide bonds. The van der Waals surface area contributed by atoms with Crippen molar-refractivity contribution in [3.63, 3.8) is 0 Å². The van der Waals surface area contributed by atoms with Crippen molar-refractivity contribution in [2.45, 2.75) is 41.2 Å². The van der Waals surface area contributed by atoms with Gasteiger partial charge in [0.1, 0.15) is 11.5 Å². The van der Waals surface area contributed by atoms with Crippen LogP contribution in [0.1, 0.15) is 60.8 Å². The van der Waals surface area contributed by atoms with Crippen molar-refractivity contribution in [2.24, 2.45) is 0 Å². The molecule has 2 rings (SSSR count). The van der Waals surface area contributed by atoms with Crippen molar-refractivity contribution >= 4 is 0 Å². The van der Waals surface area contributed by atoms with Gasteiger partial charge in [-0.25, -0.2) is 0 Å². The van der Waals surface area contributed by atoms with Gasteiger partial charge in [0.05, 0.1) is 5.48 Å². The fourth-order valence-corrected chi connectivity index (χ4v) is 1.39. The summed E-state index contributed by atoms with van der Waals surface area (Å²) in [7, 11) is 0.